The number of carbonyl (C=O) groups is 2. The first-order valence-electron chi connectivity index (χ1n) is 11.9. The number of amides is 1. The molecule has 0 atom stereocenters. The van der Waals surface area contributed by atoms with Gasteiger partial charge in [-0.1, -0.05) is 77.8 Å². The number of esters is 1. The summed E-state index contributed by atoms with van der Waals surface area (Å²) in [6.45, 7) is 1.85. The number of nitrogens with zero attached hydrogens (tertiary/aromatic N) is 1. The molecule has 0 radical (unpaired) electrons. The molecule has 1 saturated carbocycles. The molecule has 1 aliphatic carbocycles. The number of halogens is 2. The number of carbonyl (C=O) groups excluding carboxylic acids is 2. The van der Waals surface area contributed by atoms with Crippen LogP contribution in [-0.2, 0) is 26.3 Å². The Kier molecular flexibility index (Phi) is 7.43. The first-order chi connectivity index (χ1) is 18.3. The first-order valence-corrected chi connectivity index (χ1v) is 13.5. The number of benzene rings is 3. The molecular formula is C29H24Cl2N2O4S. The minimum Gasteiger partial charge on any atom is -0.468 e. The summed E-state index contributed by atoms with van der Waals surface area (Å²) < 4.78 is 14.8. The third-order valence-corrected chi connectivity index (χ3v) is 8.28. The molecule has 194 valence electrons. The molecular weight excluding hydrogens is 543 g/mol. The van der Waals surface area contributed by atoms with Crippen LogP contribution in [0.3, 0.4) is 0 Å². The van der Waals surface area contributed by atoms with Gasteiger partial charge in [0.2, 0.25) is 0 Å². The third-order valence-electron chi connectivity index (χ3n) is 6.71. The summed E-state index contributed by atoms with van der Waals surface area (Å²) >= 11 is 13.4. The van der Waals surface area contributed by atoms with Crippen molar-refractivity contribution in [3.8, 4) is 21.6 Å². The number of hydrogen-bond donors (Lipinski definition) is 1. The molecule has 0 bridgehead atoms. The Morgan fingerprint density at radius 3 is 2.21 bits per heavy atom. The van der Waals surface area contributed by atoms with E-state index >= 15 is 0 Å². The Balaban J connectivity index is 1.28. The zero-order valence-corrected chi connectivity index (χ0v) is 23.0. The van der Waals surface area contributed by atoms with E-state index in [2.05, 4.69) is 9.69 Å². The van der Waals surface area contributed by atoms with E-state index in [-0.39, 0.29) is 12.6 Å². The Labute approximate surface area is 234 Å². The number of methoxy groups -OCH3 is 1. The predicted octanol–water partition coefficient (Wildman–Crippen LogP) is 8.05. The molecule has 1 aromatic heterocycles. The molecule has 0 aliphatic heterocycles. The topological polar surface area (TPSA) is 77.5 Å². The van der Waals surface area contributed by atoms with Crippen LogP contribution in [0.2, 0.25) is 10.0 Å². The molecule has 0 unspecified atom stereocenters. The molecule has 9 heteroatoms. The summed E-state index contributed by atoms with van der Waals surface area (Å²) in [6.07, 6.45) is 1.04. The number of ether oxygens (including phenoxy) is 2. The summed E-state index contributed by atoms with van der Waals surface area (Å²) in [4.78, 5) is 25.6. The van der Waals surface area contributed by atoms with Crippen LogP contribution in [0.25, 0.3) is 21.6 Å². The number of nitrogens with one attached hydrogen (secondary N) is 1. The second-order valence-corrected chi connectivity index (χ2v) is 10.8. The van der Waals surface area contributed by atoms with Crippen LogP contribution in [-0.4, -0.2) is 23.5 Å². The highest BCUT2D eigenvalue weighted by atomic mass is 35.5. The summed E-state index contributed by atoms with van der Waals surface area (Å²) in [5, 5.41) is 3.77. The van der Waals surface area contributed by atoms with Gasteiger partial charge in [0, 0.05) is 15.6 Å². The Hall–Kier alpha value is -3.39. The molecule has 0 saturated heterocycles. The van der Waals surface area contributed by atoms with Crippen molar-refractivity contribution in [1.29, 1.82) is 0 Å². The van der Waals surface area contributed by atoms with Gasteiger partial charge < -0.3 is 9.47 Å². The highest BCUT2D eigenvalue weighted by Gasteiger charge is 2.52. The maximum atomic E-state index is 12.5. The van der Waals surface area contributed by atoms with E-state index in [9.17, 15) is 9.59 Å². The molecule has 1 heterocycles. The first kappa shape index (κ1) is 26.2. The average molecular weight is 567 g/mol. The Bertz CT molecular complexity index is 1500. The smallest absolute Gasteiger partial charge is 0.412 e. The van der Waals surface area contributed by atoms with E-state index in [1.807, 2.05) is 55.5 Å². The normalized spacial score (nSPS) is 13.6. The van der Waals surface area contributed by atoms with E-state index in [1.54, 1.807) is 18.2 Å². The summed E-state index contributed by atoms with van der Waals surface area (Å²) in [5.41, 5.74) is 5.49. The lowest BCUT2D eigenvalue weighted by molar-refractivity contribution is -0.143. The van der Waals surface area contributed by atoms with Crippen molar-refractivity contribution < 1.29 is 19.1 Å². The molecule has 1 aliphatic rings. The molecule has 1 N–H and O–H groups in total. The lowest BCUT2D eigenvalue weighted by atomic mass is 9.93. The fraction of sp³-hybridized carbons (Fsp3) is 0.207. The van der Waals surface area contributed by atoms with Crippen LogP contribution < -0.4 is 5.32 Å². The fourth-order valence-electron chi connectivity index (χ4n) is 4.36. The monoisotopic (exact) mass is 566 g/mol. The van der Waals surface area contributed by atoms with Gasteiger partial charge in [-0.25, -0.2) is 4.79 Å². The lowest BCUT2D eigenvalue weighted by Crippen LogP contribution is -2.21. The minimum absolute atomic E-state index is 0.0159. The highest BCUT2D eigenvalue weighted by molar-refractivity contribution is 7.10. The van der Waals surface area contributed by atoms with Crippen molar-refractivity contribution >= 4 is 52.5 Å². The van der Waals surface area contributed by atoms with Crippen molar-refractivity contribution in [3.63, 3.8) is 0 Å². The van der Waals surface area contributed by atoms with E-state index in [0.717, 1.165) is 40.0 Å². The van der Waals surface area contributed by atoms with Crippen molar-refractivity contribution in [2.24, 2.45) is 0 Å². The standard InChI is InChI=1S/C29H24Cl2N2O4S/c1-17-25(32-28(35)37-16-21-9-12-23(30)15-24(21)31)26(38-33-17)20-5-3-18(4-6-20)19-7-10-22(11-8-19)29(13-14-29)27(34)36-2/h3-12,15H,13-14,16H2,1-2H3,(H,32,35). The highest BCUT2D eigenvalue weighted by Crippen LogP contribution is 2.49. The van der Waals surface area contributed by atoms with E-state index in [1.165, 1.54) is 18.6 Å². The summed E-state index contributed by atoms with van der Waals surface area (Å²) in [5.74, 6) is -0.170. The van der Waals surface area contributed by atoms with Gasteiger partial charge in [0.05, 0.1) is 28.8 Å². The van der Waals surface area contributed by atoms with Gasteiger partial charge in [0.15, 0.2) is 0 Å². The van der Waals surface area contributed by atoms with Crippen LogP contribution in [0.5, 0.6) is 0 Å². The zero-order valence-electron chi connectivity index (χ0n) is 20.7. The largest absolute Gasteiger partial charge is 0.468 e. The Morgan fingerprint density at radius 2 is 1.61 bits per heavy atom. The molecule has 1 fully saturated rings. The number of anilines is 1. The Morgan fingerprint density at radius 1 is 0.974 bits per heavy atom. The summed E-state index contributed by atoms with van der Waals surface area (Å²) in [6, 6.07) is 21.1. The van der Waals surface area contributed by atoms with Crippen LogP contribution in [0.4, 0.5) is 10.5 Å². The molecule has 4 aromatic rings. The lowest BCUT2D eigenvalue weighted by Gasteiger charge is -2.13. The van der Waals surface area contributed by atoms with Gasteiger partial charge in [-0.15, -0.1) is 0 Å². The molecule has 38 heavy (non-hydrogen) atoms. The van der Waals surface area contributed by atoms with Crippen molar-refractivity contribution in [2.75, 3.05) is 12.4 Å². The van der Waals surface area contributed by atoms with Crippen LogP contribution >= 0.6 is 34.7 Å². The van der Waals surface area contributed by atoms with E-state index < -0.39 is 11.5 Å². The van der Waals surface area contributed by atoms with Gasteiger partial charge in [0.25, 0.3) is 0 Å². The molecule has 5 rings (SSSR count). The zero-order chi connectivity index (χ0) is 26.9. The van der Waals surface area contributed by atoms with Crippen LogP contribution in [0.15, 0.2) is 66.7 Å². The van der Waals surface area contributed by atoms with Crippen molar-refractivity contribution in [1.82, 2.24) is 4.37 Å². The number of aryl methyl sites for hydroxylation is 1. The van der Waals surface area contributed by atoms with Gasteiger partial charge in [0.1, 0.15) is 6.61 Å². The number of rotatable bonds is 7. The molecule has 0 spiro atoms. The van der Waals surface area contributed by atoms with Crippen LogP contribution in [0, 0.1) is 6.92 Å². The second kappa shape index (κ2) is 10.8. The maximum absolute atomic E-state index is 12.5. The third kappa shape index (κ3) is 5.27. The average Bonchev–Trinajstić information content (AvgIpc) is 3.66. The van der Waals surface area contributed by atoms with Gasteiger partial charge in [-0.2, -0.15) is 4.37 Å². The molecule has 1 amide bonds. The number of aromatic nitrogens is 1. The predicted molar refractivity (Wildman–Crippen MR) is 151 cm³/mol. The SMILES string of the molecule is COC(=O)C1(c2ccc(-c3ccc(-c4snc(C)c4NC(=O)OCc4ccc(Cl)cc4Cl)cc3)cc2)CC1. The van der Waals surface area contributed by atoms with Crippen molar-refractivity contribution in [3.05, 3.63) is 93.6 Å². The van der Waals surface area contributed by atoms with Gasteiger partial charge in [-0.3, -0.25) is 10.1 Å². The van der Waals surface area contributed by atoms with E-state index in [0.29, 0.717) is 27.0 Å². The number of hydrogen-bond acceptors (Lipinski definition) is 6. The molecule has 3 aromatic carbocycles. The quantitative estimate of drug-likeness (QED) is 0.229. The van der Waals surface area contributed by atoms with Gasteiger partial charge in [-0.05, 0) is 65.7 Å². The summed E-state index contributed by atoms with van der Waals surface area (Å²) in [7, 11) is 1.43. The fourth-order valence-corrected chi connectivity index (χ4v) is 5.67. The second-order valence-electron chi connectivity index (χ2n) is 9.14. The molecule has 6 nitrogen and oxygen atoms in total. The maximum Gasteiger partial charge on any atom is 0.412 e. The van der Waals surface area contributed by atoms with Crippen molar-refractivity contribution in [2.45, 2.75) is 31.8 Å². The van der Waals surface area contributed by atoms with Crippen LogP contribution in [0.1, 0.15) is 29.7 Å². The minimum atomic E-state index is -0.599. The van der Waals surface area contributed by atoms with E-state index in [4.69, 9.17) is 32.7 Å². The van der Waals surface area contributed by atoms with Gasteiger partial charge >= 0.3 is 12.1 Å².